The Morgan fingerprint density at radius 2 is 2.13 bits per heavy atom. The first-order chi connectivity index (χ1) is 7.33. The molecule has 1 atom stereocenters. The number of hydrogen-bond acceptors (Lipinski definition) is 3. The Balaban J connectivity index is 1.71. The lowest BCUT2D eigenvalue weighted by molar-refractivity contribution is -0.0523. The normalized spacial score (nSPS) is 37.6. The monoisotopic (exact) mass is 212 g/mol. The minimum Gasteiger partial charge on any atom is -0.378 e. The highest BCUT2D eigenvalue weighted by Gasteiger charge is 2.35. The lowest BCUT2D eigenvalue weighted by Crippen LogP contribution is -2.58. The van der Waals surface area contributed by atoms with Crippen molar-refractivity contribution < 1.29 is 4.74 Å². The van der Waals surface area contributed by atoms with Crippen molar-refractivity contribution >= 4 is 0 Å². The summed E-state index contributed by atoms with van der Waals surface area (Å²) in [6.07, 6.45) is 4.31. The Morgan fingerprint density at radius 3 is 2.80 bits per heavy atom. The Morgan fingerprint density at radius 1 is 1.33 bits per heavy atom. The molecule has 1 heterocycles. The Hall–Kier alpha value is -0.120. The predicted molar refractivity (Wildman–Crippen MR) is 62.1 cm³/mol. The van der Waals surface area contributed by atoms with Gasteiger partial charge in [0.15, 0.2) is 0 Å². The summed E-state index contributed by atoms with van der Waals surface area (Å²) < 4.78 is 5.61. The van der Waals surface area contributed by atoms with Crippen molar-refractivity contribution in [2.45, 2.75) is 51.3 Å². The summed E-state index contributed by atoms with van der Waals surface area (Å²) >= 11 is 0. The number of nitrogens with one attached hydrogen (secondary N) is 1. The molecule has 1 aliphatic carbocycles. The van der Waals surface area contributed by atoms with Gasteiger partial charge in [-0.2, -0.15) is 0 Å². The van der Waals surface area contributed by atoms with Gasteiger partial charge >= 0.3 is 0 Å². The van der Waals surface area contributed by atoms with E-state index in [1.54, 1.807) is 0 Å². The van der Waals surface area contributed by atoms with E-state index in [4.69, 9.17) is 4.74 Å². The Kier molecular flexibility index (Phi) is 4.00. The van der Waals surface area contributed by atoms with E-state index in [0.717, 1.165) is 19.2 Å². The number of piperazine rings is 1. The largest absolute Gasteiger partial charge is 0.378 e. The molecule has 1 aliphatic heterocycles. The average Bonchev–Trinajstić information content (AvgIpc) is 2.23. The van der Waals surface area contributed by atoms with Crippen LogP contribution >= 0.6 is 0 Å². The zero-order valence-electron chi connectivity index (χ0n) is 10.0. The molecule has 3 heteroatoms. The molecule has 15 heavy (non-hydrogen) atoms. The van der Waals surface area contributed by atoms with Crippen LogP contribution < -0.4 is 5.32 Å². The minimum absolute atomic E-state index is 0.551. The molecule has 0 bridgehead atoms. The van der Waals surface area contributed by atoms with Crippen LogP contribution in [-0.2, 0) is 4.74 Å². The maximum atomic E-state index is 5.61. The molecule has 0 radical (unpaired) electrons. The first kappa shape index (κ1) is 11.4. The van der Waals surface area contributed by atoms with E-state index in [1.807, 2.05) is 0 Å². The van der Waals surface area contributed by atoms with Crippen LogP contribution in [0.2, 0.25) is 0 Å². The van der Waals surface area contributed by atoms with Gasteiger partial charge in [-0.25, -0.2) is 0 Å². The van der Waals surface area contributed by atoms with Crippen LogP contribution in [0.1, 0.15) is 33.1 Å². The van der Waals surface area contributed by atoms with Crippen molar-refractivity contribution in [2.24, 2.45) is 0 Å². The van der Waals surface area contributed by atoms with Crippen LogP contribution in [0, 0.1) is 0 Å². The molecule has 1 saturated heterocycles. The molecular formula is C12H24N2O. The van der Waals surface area contributed by atoms with Gasteiger partial charge in [-0.05, 0) is 26.2 Å². The second kappa shape index (κ2) is 5.28. The summed E-state index contributed by atoms with van der Waals surface area (Å²) in [5.41, 5.74) is 0. The van der Waals surface area contributed by atoms with Gasteiger partial charge in [0.1, 0.15) is 0 Å². The van der Waals surface area contributed by atoms with Crippen LogP contribution in [0.5, 0.6) is 0 Å². The van der Waals surface area contributed by atoms with Crippen molar-refractivity contribution in [1.29, 1.82) is 0 Å². The fourth-order valence-corrected chi connectivity index (χ4v) is 2.66. The van der Waals surface area contributed by atoms with Gasteiger partial charge in [-0.15, -0.1) is 0 Å². The molecule has 0 aromatic heterocycles. The summed E-state index contributed by atoms with van der Waals surface area (Å²) in [5.74, 6) is 0. The molecule has 1 unspecified atom stereocenters. The first-order valence-corrected chi connectivity index (χ1v) is 6.42. The maximum absolute atomic E-state index is 5.61. The quantitative estimate of drug-likeness (QED) is 0.759. The van der Waals surface area contributed by atoms with Crippen molar-refractivity contribution in [3.8, 4) is 0 Å². The van der Waals surface area contributed by atoms with Crippen molar-refractivity contribution in [3.63, 3.8) is 0 Å². The van der Waals surface area contributed by atoms with Crippen LogP contribution in [0.25, 0.3) is 0 Å². The highest BCUT2D eigenvalue weighted by Crippen LogP contribution is 2.29. The van der Waals surface area contributed by atoms with E-state index in [2.05, 4.69) is 24.1 Å². The molecule has 2 rings (SSSR count). The van der Waals surface area contributed by atoms with Crippen LogP contribution in [0.15, 0.2) is 0 Å². The second-order valence-electron chi connectivity index (χ2n) is 4.76. The van der Waals surface area contributed by atoms with Crippen molar-refractivity contribution in [2.75, 3.05) is 26.2 Å². The van der Waals surface area contributed by atoms with E-state index in [1.165, 1.54) is 32.4 Å². The standard InChI is InChI=1S/C12H24N2O/c1-3-10-9-14(6-5-13-10)11-7-12(8-11)15-4-2/h10-13H,3-9H2,1-2H3. The zero-order chi connectivity index (χ0) is 10.7. The smallest absolute Gasteiger partial charge is 0.0604 e. The Labute approximate surface area is 93.2 Å². The summed E-state index contributed by atoms with van der Waals surface area (Å²) in [6.45, 7) is 8.85. The zero-order valence-corrected chi connectivity index (χ0v) is 10.0. The van der Waals surface area contributed by atoms with Crippen LogP contribution in [-0.4, -0.2) is 49.3 Å². The molecule has 0 aromatic rings. The fraction of sp³-hybridized carbons (Fsp3) is 1.00. The molecule has 1 saturated carbocycles. The van der Waals surface area contributed by atoms with E-state index in [0.29, 0.717) is 12.1 Å². The highest BCUT2D eigenvalue weighted by molar-refractivity contribution is 4.91. The molecule has 1 N–H and O–H groups in total. The van der Waals surface area contributed by atoms with E-state index < -0.39 is 0 Å². The summed E-state index contributed by atoms with van der Waals surface area (Å²) in [6, 6.07) is 1.52. The lowest BCUT2D eigenvalue weighted by atomic mass is 9.87. The molecule has 0 spiro atoms. The van der Waals surface area contributed by atoms with Crippen LogP contribution in [0.4, 0.5) is 0 Å². The molecule has 0 amide bonds. The second-order valence-corrected chi connectivity index (χ2v) is 4.76. The van der Waals surface area contributed by atoms with E-state index in [9.17, 15) is 0 Å². The van der Waals surface area contributed by atoms with Gasteiger partial charge in [0, 0.05) is 38.3 Å². The third kappa shape index (κ3) is 2.71. The van der Waals surface area contributed by atoms with E-state index >= 15 is 0 Å². The average molecular weight is 212 g/mol. The van der Waals surface area contributed by atoms with Gasteiger partial charge in [-0.3, -0.25) is 4.90 Å². The predicted octanol–water partition coefficient (Wildman–Crippen LogP) is 1.24. The van der Waals surface area contributed by atoms with Gasteiger partial charge in [0.2, 0.25) is 0 Å². The molecule has 3 nitrogen and oxygen atoms in total. The number of rotatable bonds is 4. The molecule has 88 valence electrons. The van der Waals surface area contributed by atoms with Gasteiger partial charge in [-0.1, -0.05) is 6.92 Å². The van der Waals surface area contributed by atoms with Gasteiger partial charge < -0.3 is 10.1 Å². The van der Waals surface area contributed by atoms with E-state index in [-0.39, 0.29) is 0 Å². The van der Waals surface area contributed by atoms with Gasteiger partial charge in [0.05, 0.1) is 6.10 Å². The first-order valence-electron chi connectivity index (χ1n) is 6.42. The minimum atomic E-state index is 0.551. The Bertz CT molecular complexity index is 192. The summed E-state index contributed by atoms with van der Waals surface area (Å²) in [7, 11) is 0. The van der Waals surface area contributed by atoms with Gasteiger partial charge in [0.25, 0.3) is 0 Å². The lowest BCUT2D eigenvalue weighted by Gasteiger charge is -2.46. The van der Waals surface area contributed by atoms with Crippen molar-refractivity contribution in [1.82, 2.24) is 10.2 Å². The maximum Gasteiger partial charge on any atom is 0.0604 e. The summed E-state index contributed by atoms with van der Waals surface area (Å²) in [5, 5.41) is 3.57. The molecule has 2 fully saturated rings. The fourth-order valence-electron chi connectivity index (χ4n) is 2.66. The number of nitrogens with zero attached hydrogens (tertiary/aromatic N) is 1. The molecular weight excluding hydrogens is 188 g/mol. The topological polar surface area (TPSA) is 24.5 Å². The summed E-state index contributed by atoms with van der Waals surface area (Å²) in [4.78, 5) is 2.65. The van der Waals surface area contributed by atoms with Crippen LogP contribution in [0.3, 0.4) is 0 Å². The SMILES string of the molecule is CCOC1CC(N2CCNC(CC)C2)C1. The third-order valence-corrected chi connectivity index (χ3v) is 3.77. The highest BCUT2D eigenvalue weighted by atomic mass is 16.5. The number of hydrogen-bond donors (Lipinski definition) is 1. The molecule has 0 aromatic carbocycles. The third-order valence-electron chi connectivity index (χ3n) is 3.77. The van der Waals surface area contributed by atoms with Crippen molar-refractivity contribution in [3.05, 3.63) is 0 Å². The molecule has 2 aliphatic rings. The number of ether oxygens (including phenoxy) is 1.